The van der Waals surface area contributed by atoms with Crippen molar-refractivity contribution in [3.05, 3.63) is 68.8 Å². The fraction of sp³-hybridized carbons (Fsp3) is 0.444. The molecule has 3 rings (SSSR count). The van der Waals surface area contributed by atoms with Gasteiger partial charge in [0.15, 0.2) is 0 Å². The van der Waals surface area contributed by atoms with Crippen molar-refractivity contribution in [2.75, 3.05) is 25.0 Å². The molecule has 2 aromatic rings. The van der Waals surface area contributed by atoms with Crippen LogP contribution in [0, 0.1) is 17.0 Å². The summed E-state index contributed by atoms with van der Waals surface area (Å²) in [6.07, 6.45) is -5.10. The number of rotatable bonds is 8. The molecule has 0 unspecified atom stereocenters. The third kappa shape index (κ3) is 9.17. The normalized spacial score (nSPS) is 15.7. The predicted molar refractivity (Wildman–Crippen MR) is 143 cm³/mol. The van der Waals surface area contributed by atoms with E-state index in [4.69, 9.17) is 4.74 Å². The lowest BCUT2D eigenvalue weighted by Gasteiger charge is -2.21. The van der Waals surface area contributed by atoms with Crippen LogP contribution >= 0.6 is 0 Å². The summed E-state index contributed by atoms with van der Waals surface area (Å²) in [6.45, 7) is 7.50. The highest BCUT2D eigenvalue weighted by molar-refractivity contribution is 6.04. The molecule has 1 saturated heterocycles. The second-order valence-electron chi connectivity index (χ2n) is 10.7. The number of amides is 3. The van der Waals surface area contributed by atoms with E-state index in [9.17, 15) is 37.7 Å². The second-order valence-corrected chi connectivity index (χ2v) is 10.7. The molecule has 1 aliphatic rings. The van der Waals surface area contributed by atoms with Gasteiger partial charge in [-0.3, -0.25) is 29.9 Å². The van der Waals surface area contributed by atoms with Crippen molar-refractivity contribution in [1.29, 1.82) is 0 Å². The number of aryl methyl sites for hydroxylation is 1. The molecule has 0 radical (unpaired) electrons. The molecule has 14 heteroatoms. The maximum Gasteiger partial charge on any atom is 0.416 e. The van der Waals surface area contributed by atoms with Crippen LogP contribution < -0.4 is 16.0 Å². The Morgan fingerprint density at radius 2 is 1.83 bits per heavy atom. The summed E-state index contributed by atoms with van der Waals surface area (Å²) in [6, 6.07) is 7.01. The summed E-state index contributed by atoms with van der Waals surface area (Å²) < 4.78 is 45.0. The molecule has 1 fully saturated rings. The molecule has 222 valence electrons. The van der Waals surface area contributed by atoms with Crippen molar-refractivity contribution < 1.29 is 37.2 Å². The first-order chi connectivity index (χ1) is 19.0. The van der Waals surface area contributed by atoms with Gasteiger partial charge in [0, 0.05) is 37.3 Å². The Labute approximate surface area is 234 Å². The highest BCUT2D eigenvalue weighted by Gasteiger charge is 2.32. The first kappa shape index (κ1) is 31.3. The van der Waals surface area contributed by atoms with E-state index in [0.29, 0.717) is 37.7 Å². The molecular formula is C27H32F3N5O6. The maximum absolute atomic E-state index is 13.3. The van der Waals surface area contributed by atoms with E-state index in [1.54, 1.807) is 33.8 Å². The van der Waals surface area contributed by atoms with Gasteiger partial charge in [-0.05, 0) is 57.9 Å². The Balaban J connectivity index is 1.59. The van der Waals surface area contributed by atoms with Gasteiger partial charge in [0.25, 0.3) is 11.6 Å². The molecular weight excluding hydrogens is 547 g/mol. The van der Waals surface area contributed by atoms with Crippen molar-refractivity contribution in [3.63, 3.8) is 0 Å². The Hall–Kier alpha value is -4.20. The van der Waals surface area contributed by atoms with Gasteiger partial charge >= 0.3 is 12.3 Å². The lowest BCUT2D eigenvalue weighted by Crippen LogP contribution is -2.43. The molecule has 0 spiro atoms. The highest BCUT2D eigenvalue weighted by Crippen LogP contribution is 2.32. The van der Waals surface area contributed by atoms with E-state index in [-0.39, 0.29) is 17.4 Å². The molecule has 41 heavy (non-hydrogen) atoms. The van der Waals surface area contributed by atoms with E-state index in [2.05, 4.69) is 16.0 Å². The number of likely N-dealkylation sites (tertiary alicyclic amines) is 1. The van der Waals surface area contributed by atoms with Gasteiger partial charge in [-0.15, -0.1) is 0 Å². The number of nitrogens with zero attached hydrogens (tertiary/aromatic N) is 2. The van der Waals surface area contributed by atoms with Crippen LogP contribution in [0.4, 0.5) is 29.3 Å². The van der Waals surface area contributed by atoms with Crippen molar-refractivity contribution in [2.45, 2.75) is 58.5 Å². The Kier molecular flexibility index (Phi) is 9.58. The fourth-order valence-corrected chi connectivity index (χ4v) is 4.27. The number of carbonyl (C=O) groups is 3. The van der Waals surface area contributed by atoms with E-state index in [0.717, 1.165) is 17.7 Å². The quantitative estimate of drug-likeness (QED) is 0.311. The van der Waals surface area contributed by atoms with Crippen LogP contribution in [-0.4, -0.2) is 59.0 Å². The molecule has 1 aliphatic heterocycles. The molecule has 3 amide bonds. The van der Waals surface area contributed by atoms with Gasteiger partial charge in [0.2, 0.25) is 5.91 Å². The molecule has 1 atom stereocenters. The average molecular weight is 580 g/mol. The number of nitro benzene ring substituents is 1. The number of nitro groups is 1. The summed E-state index contributed by atoms with van der Waals surface area (Å²) in [5, 5.41) is 18.6. The summed E-state index contributed by atoms with van der Waals surface area (Å²) in [5.41, 5.74) is -1.33. The zero-order valence-electron chi connectivity index (χ0n) is 23.1. The van der Waals surface area contributed by atoms with Crippen LogP contribution in [0.1, 0.15) is 54.2 Å². The molecule has 0 aromatic heterocycles. The van der Waals surface area contributed by atoms with Crippen molar-refractivity contribution in [3.8, 4) is 0 Å². The number of hydrogen-bond donors (Lipinski definition) is 3. The lowest BCUT2D eigenvalue weighted by molar-refractivity contribution is -0.385. The van der Waals surface area contributed by atoms with Crippen LogP contribution in [0.5, 0.6) is 0 Å². The fourth-order valence-electron chi connectivity index (χ4n) is 4.27. The number of anilines is 1. The number of alkyl halides is 3. The van der Waals surface area contributed by atoms with E-state index < -0.39 is 52.3 Å². The molecule has 3 N–H and O–H groups in total. The minimum absolute atomic E-state index is 0.0347. The summed E-state index contributed by atoms with van der Waals surface area (Å²) >= 11 is 0. The predicted octanol–water partition coefficient (Wildman–Crippen LogP) is 4.39. The second kappa shape index (κ2) is 12.5. The van der Waals surface area contributed by atoms with Gasteiger partial charge in [0.05, 0.1) is 28.3 Å². The number of benzene rings is 2. The zero-order chi connectivity index (χ0) is 30.5. The minimum atomic E-state index is -4.74. The van der Waals surface area contributed by atoms with Crippen LogP contribution in [0.15, 0.2) is 36.4 Å². The Bertz CT molecular complexity index is 1330. The van der Waals surface area contributed by atoms with Crippen LogP contribution in [-0.2, 0) is 22.3 Å². The van der Waals surface area contributed by atoms with Gasteiger partial charge in [-0.25, -0.2) is 4.79 Å². The van der Waals surface area contributed by atoms with Gasteiger partial charge in [-0.2, -0.15) is 13.2 Å². The van der Waals surface area contributed by atoms with Crippen molar-refractivity contribution in [2.24, 2.45) is 0 Å². The zero-order valence-corrected chi connectivity index (χ0v) is 23.1. The summed E-state index contributed by atoms with van der Waals surface area (Å²) in [4.78, 5) is 50.3. The number of nitrogens with one attached hydrogen (secondary N) is 3. The molecule has 1 heterocycles. The summed E-state index contributed by atoms with van der Waals surface area (Å²) in [7, 11) is 0. The third-order valence-corrected chi connectivity index (χ3v) is 6.15. The first-order valence-electron chi connectivity index (χ1n) is 12.8. The Morgan fingerprint density at radius 1 is 1.12 bits per heavy atom. The van der Waals surface area contributed by atoms with Crippen LogP contribution in [0.3, 0.4) is 0 Å². The third-order valence-electron chi connectivity index (χ3n) is 6.15. The molecule has 0 saturated carbocycles. The molecule has 2 aromatic carbocycles. The average Bonchev–Trinajstić information content (AvgIpc) is 3.28. The monoisotopic (exact) mass is 579 g/mol. The van der Waals surface area contributed by atoms with Crippen LogP contribution in [0.25, 0.3) is 0 Å². The maximum atomic E-state index is 13.3. The molecule has 11 nitrogen and oxygen atoms in total. The van der Waals surface area contributed by atoms with E-state index in [1.165, 1.54) is 6.07 Å². The van der Waals surface area contributed by atoms with E-state index in [1.807, 2.05) is 11.0 Å². The van der Waals surface area contributed by atoms with Crippen molar-refractivity contribution in [1.82, 2.24) is 15.5 Å². The first-order valence-corrected chi connectivity index (χ1v) is 12.8. The molecule has 0 aliphatic carbocycles. The number of carbonyl (C=O) groups excluding carboxylic acids is 3. The number of hydrogen-bond acceptors (Lipinski definition) is 7. The number of ether oxygens (including phenoxy) is 1. The topological polar surface area (TPSA) is 143 Å². The largest absolute Gasteiger partial charge is 0.444 e. The highest BCUT2D eigenvalue weighted by atomic mass is 19.4. The minimum Gasteiger partial charge on any atom is -0.444 e. The van der Waals surface area contributed by atoms with Gasteiger partial charge < -0.3 is 15.4 Å². The summed E-state index contributed by atoms with van der Waals surface area (Å²) in [5.74, 6) is -1.55. The lowest BCUT2D eigenvalue weighted by atomic mass is 10.1. The van der Waals surface area contributed by atoms with Crippen LogP contribution in [0.2, 0.25) is 0 Å². The standard InChI is InChI=1S/C27H32F3N5O6/c1-16-5-6-17(11-22(16)35(39)40)14-34-10-9-19(15-34)32-23(36)13-31-24(37)20-12-18(27(28,29)30)7-8-21(20)33-25(38)41-26(2,3)4/h5-8,11-12,19H,9-10,13-15H2,1-4H3,(H,31,37)(H,32,36)(H,33,38)/t19-/m1/s1. The SMILES string of the molecule is Cc1ccc(CN2CC[C@@H](NC(=O)CNC(=O)c3cc(C(F)(F)F)ccc3NC(=O)OC(C)(C)C)C2)cc1[N+](=O)[O-]. The van der Waals surface area contributed by atoms with Gasteiger partial charge in [0.1, 0.15) is 5.60 Å². The Morgan fingerprint density at radius 3 is 2.46 bits per heavy atom. The number of halogens is 3. The van der Waals surface area contributed by atoms with E-state index >= 15 is 0 Å². The van der Waals surface area contributed by atoms with Gasteiger partial charge in [-0.1, -0.05) is 12.1 Å². The smallest absolute Gasteiger partial charge is 0.416 e. The van der Waals surface area contributed by atoms with Crippen molar-refractivity contribution >= 4 is 29.3 Å². The molecule has 0 bridgehead atoms.